The second kappa shape index (κ2) is 10.1. The summed E-state index contributed by atoms with van der Waals surface area (Å²) < 4.78 is 5.88. The first-order valence-electron chi connectivity index (χ1n) is 12.3. The SMILES string of the molecule is CCOc1cc(CN2CCC3(CC2)CN(c2ccc(C(=O)O)cc2)C(=O)N3)c(C2CC2)cc1C.Cl. The molecule has 188 valence electrons. The van der Waals surface area contributed by atoms with Gasteiger partial charge in [0.2, 0.25) is 0 Å². The Morgan fingerprint density at radius 1 is 1.17 bits per heavy atom. The van der Waals surface area contributed by atoms with E-state index in [9.17, 15) is 9.59 Å². The third-order valence-electron chi connectivity index (χ3n) is 7.46. The van der Waals surface area contributed by atoms with Crippen LogP contribution in [-0.4, -0.2) is 53.8 Å². The quantitative estimate of drug-likeness (QED) is 0.563. The van der Waals surface area contributed by atoms with Crippen LogP contribution in [0.4, 0.5) is 10.5 Å². The van der Waals surface area contributed by atoms with Gasteiger partial charge in [-0.1, -0.05) is 6.07 Å². The van der Waals surface area contributed by atoms with E-state index in [0.29, 0.717) is 19.1 Å². The number of nitrogens with one attached hydrogen (secondary N) is 1. The average Bonchev–Trinajstić information content (AvgIpc) is 3.61. The first-order valence-corrected chi connectivity index (χ1v) is 12.3. The number of benzene rings is 2. The number of urea groups is 1. The van der Waals surface area contributed by atoms with Gasteiger partial charge in [-0.2, -0.15) is 0 Å². The van der Waals surface area contributed by atoms with Crippen LogP contribution in [0.2, 0.25) is 0 Å². The molecular weight excluding hydrogens is 466 g/mol. The number of anilines is 1. The van der Waals surface area contributed by atoms with Gasteiger partial charge in [0.05, 0.1) is 24.3 Å². The van der Waals surface area contributed by atoms with Crippen molar-refractivity contribution in [3.8, 4) is 5.75 Å². The predicted octanol–water partition coefficient (Wildman–Crippen LogP) is 4.96. The smallest absolute Gasteiger partial charge is 0.335 e. The van der Waals surface area contributed by atoms with E-state index in [4.69, 9.17) is 9.84 Å². The molecule has 2 amide bonds. The third kappa shape index (κ3) is 5.26. The summed E-state index contributed by atoms with van der Waals surface area (Å²) in [4.78, 5) is 28.1. The van der Waals surface area contributed by atoms with Crippen LogP contribution in [0.25, 0.3) is 0 Å². The Hall–Kier alpha value is -2.77. The number of amides is 2. The van der Waals surface area contributed by atoms with Crippen LogP contribution in [0.5, 0.6) is 5.75 Å². The number of rotatable bonds is 7. The molecule has 0 atom stereocenters. The number of nitrogens with zero attached hydrogens (tertiary/aromatic N) is 2. The van der Waals surface area contributed by atoms with E-state index < -0.39 is 5.97 Å². The number of aryl methyl sites for hydroxylation is 1. The van der Waals surface area contributed by atoms with Gasteiger partial charge < -0.3 is 15.2 Å². The Morgan fingerprint density at radius 3 is 2.46 bits per heavy atom. The van der Waals surface area contributed by atoms with E-state index in [1.54, 1.807) is 29.2 Å². The highest BCUT2D eigenvalue weighted by Gasteiger charge is 2.45. The monoisotopic (exact) mass is 499 g/mol. The molecule has 5 rings (SSSR count). The minimum atomic E-state index is -0.965. The first-order chi connectivity index (χ1) is 16.4. The summed E-state index contributed by atoms with van der Waals surface area (Å²) in [6.07, 6.45) is 4.34. The number of carbonyl (C=O) groups is 2. The molecule has 8 heteroatoms. The van der Waals surface area contributed by atoms with Crippen LogP contribution < -0.4 is 15.0 Å². The van der Waals surface area contributed by atoms with Crippen molar-refractivity contribution < 1.29 is 19.4 Å². The number of piperidine rings is 1. The van der Waals surface area contributed by atoms with Crippen LogP contribution in [0.1, 0.15) is 65.6 Å². The van der Waals surface area contributed by atoms with E-state index >= 15 is 0 Å². The van der Waals surface area contributed by atoms with Crippen molar-refractivity contribution in [1.82, 2.24) is 10.2 Å². The summed E-state index contributed by atoms with van der Waals surface area (Å²) in [5.74, 6) is 0.715. The zero-order chi connectivity index (χ0) is 23.9. The number of hydrogen-bond donors (Lipinski definition) is 2. The largest absolute Gasteiger partial charge is 0.494 e. The van der Waals surface area contributed by atoms with Gasteiger partial charge in [-0.25, -0.2) is 9.59 Å². The van der Waals surface area contributed by atoms with E-state index in [1.165, 1.54) is 29.5 Å². The zero-order valence-electron chi connectivity index (χ0n) is 20.4. The lowest BCUT2D eigenvalue weighted by Crippen LogP contribution is -2.52. The Balaban J connectivity index is 0.00000289. The number of ether oxygens (including phenoxy) is 1. The molecule has 3 aliphatic rings. The van der Waals surface area contributed by atoms with Crippen molar-refractivity contribution in [2.45, 2.75) is 57.5 Å². The van der Waals surface area contributed by atoms with Crippen LogP contribution in [0.3, 0.4) is 0 Å². The molecule has 2 aromatic carbocycles. The van der Waals surface area contributed by atoms with Crippen molar-refractivity contribution in [1.29, 1.82) is 0 Å². The van der Waals surface area contributed by atoms with Crippen LogP contribution in [0.15, 0.2) is 36.4 Å². The number of aromatic carboxylic acids is 1. The maximum Gasteiger partial charge on any atom is 0.335 e. The lowest BCUT2D eigenvalue weighted by molar-refractivity contribution is 0.0697. The normalized spacial score (nSPS) is 19.4. The second-order valence-corrected chi connectivity index (χ2v) is 9.95. The standard InChI is InChI=1S/C27H33N3O4.ClH/c1-3-34-24-15-21(23(14-18(24)2)19-4-5-19)16-29-12-10-27(11-13-29)17-30(26(33)28-27)22-8-6-20(7-9-22)25(31)32;/h6-9,14-15,19H,3-5,10-13,16-17H2,1-2H3,(H,28,33)(H,31,32);1H. The van der Waals surface area contributed by atoms with Gasteiger partial charge in [-0.05, 0) is 92.5 Å². The van der Waals surface area contributed by atoms with Crippen molar-refractivity contribution >= 4 is 30.1 Å². The fourth-order valence-electron chi connectivity index (χ4n) is 5.34. The fraction of sp³-hybridized carbons (Fsp3) is 0.481. The number of halogens is 1. The molecule has 1 aliphatic carbocycles. The van der Waals surface area contributed by atoms with Crippen molar-refractivity contribution in [3.05, 3.63) is 58.7 Å². The van der Waals surface area contributed by atoms with Crippen LogP contribution in [-0.2, 0) is 6.54 Å². The molecule has 35 heavy (non-hydrogen) atoms. The number of carboxylic acid groups (broad SMARTS) is 1. The van der Waals surface area contributed by atoms with Crippen molar-refractivity contribution in [2.24, 2.45) is 0 Å². The van der Waals surface area contributed by atoms with E-state index in [1.807, 2.05) is 6.92 Å². The summed E-state index contributed by atoms with van der Waals surface area (Å²) in [7, 11) is 0. The minimum absolute atomic E-state index is 0. The van der Waals surface area contributed by atoms with Crippen LogP contribution >= 0.6 is 12.4 Å². The molecule has 2 N–H and O–H groups in total. The molecule has 0 aromatic heterocycles. The number of hydrogen-bond acceptors (Lipinski definition) is 4. The second-order valence-electron chi connectivity index (χ2n) is 9.95. The molecular formula is C27H34ClN3O4. The highest BCUT2D eigenvalue weighted by Crippen LogP contribution is 2.44. The molecule has 0 radical (unpaired) electrons. The van der Waals surface area contributed by atoms with Gasteiger partial charge in [-0.3, -0.25) is 9.80 Å². The van der Waals surface area contributed by atoms with E-state index in [2.05, 4.69) is 29.3 Å². The average molecular weight is 500 g/mol. The predicted molar refractivity (Wildman–Crippen MR) is 138 cm³/mol. The Kier molecular flexibility index (Phi) is 7.29. The Bertz CT molecular complexity index is 1090. The molecule has 2 aromatic rings. The van der Waals surface area contributed by atoms with Crippen molar-refractivity contribution in [2.75, 3.05) is 31.1 Å². The molecule has 7 nitrogen and oxygen atoms in total. The van der Waals surface area contributed by atoms with E-state index in [0.717, 1.165) is 43.9 Å². The number of likely N-dealkylation sites (tertiary alicyclic amines) is 1. The minimum Gasteiger partial charge on any atom is -0.494 e. The summed E-state index contributed by atoms with van der Waals surface area (Å²) in [6.45, 7) is 8.20. The molecule has 0 unspecified atom stereocenters. The van der Waals surface area contributed by atoms with Gasteiger partial charge in [0.25, 0.3) is 0 Å². The Morgan fingerprint density at radius 2 is 1.86 bits per heavy atom. The summed E-state index contributed by atoms with van der Waals surface area (Å²) in [6, 6.07) is 11.0. The van der Waals surface area contributed by atoms with Crippen molar-refractivity contribution in [3.63, 3.8) is 0 Å². The molecule has 2 aliphatic heterocycles. The maximum absolute atomic E-state index is 12.8. The van der Waals surface area contributed by atoms with Gasteiger partial charge in [0.1, 0.15) is 5.75 Å². The molecule has 1 saturated carbocycles. The number of carbonyl (C=O) groups excluding carboxylic acids is 1. The topological polar surface area (TPSA) is 82.1 Å². The summed E-state index contributed by atoms with van der Waals surface area (Å²) in [5.41, 5.74) is 4.80. The number of carboxylic acids is 1. The van der Waals surface area contributed by atoms with E-state index in [-0.39, 0.29) is 29.5 Å². The molecule has 2 heterocycles. The maximum atomic E-state index is 12.8. The molecule has 0 bridgehead atoms. The summed E-state index contributed by atoms with van der Waals surface area (Å²) in [5, 5.41) is 12.4. The fourth-order valence-corrected chi connectivity index (χ4v) is 5.34. The molecule has 2 saturated heterocycles. The van der Waals surface area contributed by atoms with Crippen LogP contribution in [0, 0.1) is 6.92 Å². The zero-order valence-corrected chi connectivity index (χ0v) is 21.2. The highest BCUT2D eigenvalue weighted by atomic mass is 35.5. The molecule has 3 fully saturated rings. The highest BCUT2D eigenvalue weighted by molar-refractivity contribution is 5.96. The molecule has 1 spiro atoms. The van der Waals surface area contributed by atoms with Gasteiger partial charge >= 0.3 is 12.0 Å². The lowest BCUT2D eigenvalue weighted by atomic mass is 9.87. The third-order valence-corrected chi connectivity index (χ3v) is 7.46. The lowest BCUT2D eigenvalue weighted by Gasteiger charge is -2.39. The summed E-state index contributed by atoms with van der Waals surface area (Å²) >= 11 is 0. The first kappa shape index (κ1) is 25.3. The Labute approximate surface area is 212 Å². The van der Waals surface area contributed by atoms with Gasteiger partial charge in [-0.15, -0.1) is 12.4 Å². The van der Waals surface area contributed by atoms with Gasteiger partial charge in [0, 0.05) is 25.3 Å². The van der Waals surface area contributed by atoms with Gasteiger partial charge in [0.15, 0.2) is 0 Å².